The number of fused-ring (bicyclic) bond motifs is 1. The molecular formula is C28H33N3O5. The summed E-state index contributed by atoms with van der Waals surface area (Å²) in [5.41, 5.74) is 4.32. The predicted molar refractivity (Wildman–Crippen MR) is 140 cm³/mol. The monoisotopic (exact) mass is 491 g/mol. The Morgan fingerprint density at radius 2 is 1.86 bits per heavy atom. The SMILES string of the molecule is CCCNC(=O)/C(C)=C/c1ccc2c(c1)c(Cc1ccc(C(=O)O)cc1OC)cn2CC(=O)N(C)C. The second kappa shape index (κ2) is 11.6. The normalized spacial score (nSPS) is 11.4. The molecule has 0 aliphatic rings. The average Bonchev–Trinajstić information content (AvgIpc) is 3.18. The second-order valence-corrected chi connectivity index (χ2v) is 8.94. The molecule has 3 rings (SSSR count). The minimum absolute atomic E-state index is 0.0331. The standard InChI is InChI=1S/C28H33N3O5/c1-6-11-29-27(33)18(2)12-19-7-10-24-23(13-19)22(16-31(24)17-26(32)30(3)4)14-20-8-9-21(28(34)35)15-25(20)36-5/h7-10,12-13,15-16H,6,11,14,17H2,1-5H3,(H,29,33)(H,34,35)/b18-12+. The van der Waals surface area contributed by atoms with Gasteiger partial charge in [0.1, 0.15) is 12.3 Å². The van der Waals surface area contributed by atoms with E-state index in [2.05, 4.69) is 5.32 Å². The van der Waals surface area contributed by atoms with E-state index < -0.39 is 5.97 Å². The number of aromatic nitrogens is 1. The molecule has 0 bridgehead atoms. The topological polar surface area (TPSA) is 101 Å². The van der Waals surface area contributed by atoms with Crippen molar-refractivity contribution in [2.24, 2.45) is 0 Å². The average molecular weight is 492 g/mol. The van der Waals surface area contributed by atoms with Crippen LogP contribution in [0.4, 0.5) is 0 Å². The number of methoxy groups -OCH3 is 1. The van der Waals surface area contributed by atoms with E-state index in [0.29, 0.717) is 24.3 Å². The maximum Gasteiger partial charge on any atom is 0.335 e. The van der Waals surface area contributed by atoms with Crippen molar-refractivity contribution in [2.45, 2.75) is 33.2 Å². The van der Waals surface area contributed by atoms with Crippen molar-refractivity contribution in [2.75, 3.05) is 27.7 Å². The van der Waals surface area contributed by atoms with E-state index in [1.165, 1.54) is 13.2 Å². The molecule has 8 nitrogen and oxygen atoms in total. The molecule has 190 valence electrons. The van der Waals surface area contributed by atoms with Gasteiger partial charge in [0, 0.05) is 49.7 Å². The smallest absolute Gasteiger partial charge is 0.335 e. The van der Waals surface area contributed by atoms with Crippen molar-refractivity contribution in [1.82, 2.24) is 14.8 Å². The minimum Gasteiger partial charge on any atom is -0.496 e. The highest BCUT2D eigenvalue weighted by molar-refractivity contribution is 5.98. The summed E-state index contributed by atoms with van der Waals surface area (Å²) in [6, 6.07) is 10.7. The lowest BCUT2D eigenvalue weighted by Gasteiger charge is -2.11. The Morgan fingerprint density at radius 3 is 2.50 bits per heavy atom. The van der Waals surface area contributed by atoms with Gasteiger partial charge >= 0.3 is 5.97 Å². The Morgan fingerprint density at radius 1 is 1.11 bits per heavy atom. The van der Waals surface area contributed by atoms with Gasteiger partial charge in [-0.15, -0.1) is 0 Å². The number of nitrogens with one attached hydrogen (secondary N) is 1. The number of carboxylic acid groups (broad SMARTS) is 1. The fourth-order valence-electron chi connectivity index (χ4n) is 3.96. The lowest BCUT2D eigenvalue weighted by atomic mass is 10.00. The maximum atomic E-state index is 12.5. The third-order valence-corrected chi connectivity index (χ3v) is 5.98. The molecule has 2 amide bonds. The van der Waals surface area contributed by atoms with E-state index in [0.717, 1.165) is 34.0 Å². The first-order valence-corrected chi connectivity index (χ1v) is 11.8. The molecule has 1 aromatic heterocycles. The summed E-state index contributed by atoms with van der Waals surface area (Å²) in [6.07, 6.45) is 5.14. The molecule has 36 heavy (non-hydrogen) atoms. The third kappa shape index (κ3) is 6.13. The summed E-state index contributed by atoms with van der Waals surface area (Å²) >= 11 is 0. The molecule has 3 aromatic rings. The van der Waals surface area contributed by atoms with Crippen molar-refractivity contribution in [3.63, 3.8) is 0 Å². The molecule has 0 spiro atoms. The quantitative estimate of drug-likeness (QED) is 0.418. The molecule has 0 unspecified atom stereocenters. The number of aromatic carboxylic acids is 1. The predicted octanol–water partition coefficient (Wildman–Crippen LogP) is 3.96. The van der Waals surface area contributed by atoms with Crippen molar-refractivity contribution in [3.05, 3.63) is 70.4 Å². The van der Waals surface area contributed by atoms with Gasteiger partial charge in [-0.2, -0.15) is 0 Å². The van der Waals surface area contributed by atoms with Gasteiger partial charge in [-0.05, 0) is 60.4 Å². The summed E-state index contributed by atoms with van der Waals surface area (Å²) in [7, 11) is 4.96. The van der Waals surface area contributed by atoms with Crippen molar-refractivity contribution < 1.29 is 24.2 Å². The Labute approximate surface area is 211 Å². The van der Waals surface area contributed by atoms with Gasteiger partial charge in [0.15, 0.2) is 0 Å². The van der Waals surface area contributed by atoms with Gasteiger partial charge in [0.25, 0.3) is 0 Å². The minimum atomic E-state index is -1.02. The molecule has 0 aliphatic heterocycles. The Bertz CT molecular complexity index is 1320. The number of carbonyl (C=O) groups is 3. The van der Waals surface area contributed by atoms with Crippen molar-refractivity contribution in [1.29, 1.82) is 0 Å². The highest BCUT2D eigenvalue weighted by Crippen LogP contribution is 2.30. The van der Waals surface area contributed by atoms with Crippen LogP contribution in [0.15, 0.2) is 48.2 Å². The summed E-state index contributed by atoms with van der Waals surface area (Å²) in [6.45, 7) is 4.60. The van der Waals surface area contributed by atoms with Gasteiger partial charge in [0.2, 0.25) is 11.8 Å². The maximum absolute atomic E-state index is 12.5. The van der Waals surface area contributed by atoms with Gasteiger partial charge in [-0.1, -0.05) is 19.1 Å². The number of carboxylic acids is 1. The summed E-state index contributed by atoms with van der Waals surface area (Å²) in [4.78, 5) is 37.7. The zero-order chi connectivity index (χ0) is 26.4. The van der Waals surface area contributed by atoms with E-state index in [-0.39, 0.29) is 23.9 Å². The third-order valence-electron chi connectivity index (χ3n) is 5.98. The summed E-state index contributed by atoms with van der Waals surface area (Å²) in [5.74, 6) is -0.670. The zero-order valence-corrected chi connectivity index (χ0v) is 21.4. The molecule has 0 saturated carbocycles. The summed E-state index contributed by atoms with van der Waals surface area (Å²) in [5, 5.41) is 13.2. The fourth-order valence-corrected chi connectivity index (χ4v) is 3.96. The first-order chi connectivity index (χ1) is 17.1. The van der Waals surface area contributed by atoms with E-state index in [1.807, 2.05) is 42.0 Å². The number of likely N-dealkylation sites (N-methyl/N-ethyl adjacent to an activating group) is 1. The van der Waals surface area contributed by atoms with E-state index in [9.17, 15) is 19.5 Å². The van der Waals surface area contributed by atoms with Crippen LogP contribution in [0.1, 0.15) is 47.3 Å². The number of amides is 2. The van der Waals surface area contributed by atoms with Crippen LogP contribution in [0.2, 0.25) is 0 Å². The fraction of sp³-hybridized carbons (Fsp3) is 0.321. The van der Waals surface area contributed by atoms with Gasteiger partial charge in [-0.25, -0.2) is 4.79 Å². The van der Waals surface area contributed by atoms with Crippen molar-refractivity contribution in [3.8, 4) is 5.75 Å². The number of hydrogen-bond acceptors (Lipinski definition) is 4. The van der Waals surface area contributed by atoms with Gasteiger partial charge < -0.3 is 24.6 Å². The lowest BCUT2D eigenvalue weighted by Crippen LogP contribution is -2.25. The Kier molecular flexibility index (Phi) is 8.53. The number of benzene rings is 2. The van der Waals surface area contributed by atoms with E-state index in [4.69, 9.17) is 4.74 Å². The number of nitrogens with zero attached hydrogens (tertiary/aromatic N) is 2. The van der Waals surface area contributed by atoms with Gasteiger partial charge in [0.05, 0.1) is 12.7 Å². The molecular weight excluding hydrogens is 458 g/mol. The number of rotatable bonds is 10. The van der Waals surface area contributed by atoms with Crippen LogP contribution in [0.5, 0.6) is 5.75 Å². The Balaban J connectivity index is 2.07. The van der Waals surface area contributed by atoms with Crippen LogP contribution >= 0.6 is 0 Å². The highest BCUT2D eigenvalue weighted by Gasteiger charge is 2.16. The lowest BCUT2D eigenvalue weighted by molar-refractivity contribution is -0.129. The zero-order valence-electron chi connectivity index (χ0n) is 21.4. The molecule has 2 N–H and O–H groups in total. The molecule has 0 aliphatic carbocycles. The van der Waals surface area contributed by atoms with Gasteiger partial charge in [-0.3, -0.25) is 9.59 Å². The molecule has 8 heteroatoms. The number of ether oxygens (including phenoxy) is 1. The van der Waals surface area contributed by atoms with E-state index in [1.54, 1.807) is 38.1 Å². The largest absolute Gasteiger partial charge is 0.496 e. The first kappa shape index (κ1) is 26.5. The van der Waals surface area contributed by atoms with Crippen LogP contribution in [0, 0.1) is 0 Å². The van der Waals surface area contributed by atoms with Crippen LogP contribution in [-0.4, -0.2) is 60.1 Å². The molecule has 0 fully saturated rings. The Hall–Kier alpha value is -4.07. The van der Waals surface area contributed by atoms with Crippen LogP contribution in [0.25, 0.3) is 17.0 Å². The molecule has 0 radical (unpaired) electrons. The number of hydrogen-bond donors (Lipinski definition) is 2. The molecule has 2 aromatic carbocycles. The second-order valence-electron chi connectivity index (χ2n) is 8.94. The van der Waals surface area contributed by atoms with Crippen LogP contribution in [0.3, 0.4) is 0 Å². The highest BCUT2D eigenvalue weighted by atomic mass is 16.5. The van der Waals surface area contributed by atoms with Crippen molar-refractivity contribution >= 4 is 34.8 Å². The molecule has 0 saturated heterocycles. The number of carbonyl (C=O) groups excluding carboxylic acids is 2. The summed E-state index contributed by atoms with van der Waals surface area (Å²) < 4.78 is 7.39. The van der Waals surface area contributed by atoms with Crippen LogP contribution in [-0.2, 0) is 22.6 Å². The molecule has 0 atom stereocenters. The van der Waals surface area contributed by atoms with E-state index >= 15 is 0 Å². The molecule has 1 heterocycles. The van der Waals surface area contributed by atoms with Crippen LogP contribution < -0.4 is 10.1 Å². The first-order valence-electron chi connectivity index (χ1n) is 11.8.